The number of Topliss-reactive ketones (excluding diaryl/α,β-unsaturated/α-hetero) is 2. The normalized spacial score (nSPS) is 20.5. The van der Waals surface area contributed by atoms with Crippen molar-refractivity contribution < 1.29 is 30.0 Å². The van der Waals surface area contributed by atoms with Crippen molar-refractivity contribution in [2.24, 2.45) is 10.8 Å². The second kappa shape index (κ2) is 15.1. The Morgan fingerprint density at radius 2 is 0.767 bits per heavy atom. The van der Waals surface area contributed by atoms with E-state index >= 15 is 0 Å². The van der Waals surface area contributed by atoms with Crippen molar-refractivity contribution in [2.45, 2.75) is 103 Å². The third-order valence-electron chi connectivity index (χ3n) is 6.98. The molecule has 0 amide bonds. The molecule has 1 saturated carbocycles. The summed E-state index contributed by atoms with van der Waals surface area (Å²) >= 11 is 0. The standard InChI is InChI=1S/C24H44O6/c25-17-7-13-23(14-8-18-26)11-5-3-1-2-4-6-12-24(15-9-19-27,16-10-20-28)22(30)21(23)29/h25-28H,1-20H2. The van der Waals surface area contributed by atoms with Crippen LogP contribution in [0.1, 0.15) is 103 Å². The van der Waals surface area contributed by atoms with E-state index in [0.29, 0.717) is 64.2 Å². The maximum absolute atomic E-state index is 13.8. The largest absolute Gasteiger partial charge is 0.396 e. The molecule has 6 nitrogen and oxygen atoms in total. The minimum absolute atomic E-state index is 0.0253. The Balaban J connectivity index is 3.34. The van der Waals surface area contributed by atoms with Crippen molar-refractivity contribution in [2.75, 3.05) is 26.4 Å². The van der Waals surface area contributed by atoms with E-state index in [2.05, 4.69) is 0 Å². The van der Waals surface area contributed by atoms with Gasteiger partial charge in [0.05, 0.1) is 0 Å². The molecule has 176 valence electrons. The fraction of sp³-hybridized carbons (Fsp3) is 0.917. The van der Waals surface area contributed by atoms with Crippen LogP contribution in [0.3, 0.4) is 0 Å². The first-order valence-corrected chi connectivity index (χ1v) is 12.0. The quantitative estimate of drug-likeness (QED) is 0.355. The van der Waals surface area contributed by atoms with Crippen LogP contribution >= 0.6 is 0 Å². The number of ketones is 2. The van der Waals surface area contributed by atoms with Crippen molar-refractivity contribution in [3.63, 3.8) is 0 Å². The highest BCUT2D eigenvalue weighted by Crippen LogP contribution is 2.44. The third kappa shape index (κ3) is 8.03. The molecule has 0 heterocycles. The molecule has 0 atom stereocenters. The lowest BCUT2D eigenvalue weighted by atomic mass is 9.63. The number of carbonyl (C=O) groups excluding carboxylic acids is 2. The summed E-state index contributed by atoms with van der Waals surface area (Å²) < 4.78 is 0. The van der Waals surface area contributed by atoms with Gasteiger partial charge in [-0.15, -0.1) is 0 Å². The fourth-order valence-electron chi connectivity index (χ4n) is 5.22. The predicted octanol–water partition coefficient (Wildman–Crippen LogP) is 3.32. The van der Waals surface area contributed by atoms with Crippen molar-refractivity contribution in [3.05, 3.63) is 0 Å². The van der Waals surface area contributed by atoms with Gasteiger partial charge in [0, 0.05) is 37.3 Å². The minimum Gasteiger partial charge on any atom is -0.396 e. The van der Waals surface area contributed by atoms with E-state index in [-0.39, 0.29) is 38.0 Å². The van der Waals surface area contributed by atoms with Crippen molar-refractivity contribution in [3.8, 4) is 0 Å². The number of carbonyl (C=O) groups is 2. The number of aliphatic hydroxyl groups excluding tert-OH is 4. The first-order chi connectivity index (χ1) is 14.5. The van der Waals surface area contributed by atoms with Crippen LogP contribution in [-0.2, 0) is 9.59 Å². The summed E-state index contributed by atoms with van der Waals surface area (Å²) in [5.74, 6) is -0.693. The molecule has 0 spiro atoms. The molecule has 0 radical (unpaired) electrons. The van der Waals surface area contributed by atoms with E-state index in [4.69, 9.17) is 0 Å². The topological polar surface area (TPSA) is 115 Å². The van der Waals surface area contributed by atoms with Gasteiger partial charge in [-0.3, -0.25) is 9.59 Å². The van der Waals surface area contributed by atoms with Crippen LogP contribution in [0.15, 0.2) is 0 Å². The molecule has 0 aromatic carbocycles. The van der Waals surface area contributed by atoms with Crippen LogP contribution in [0.5, 0.6) is 0 Å². The van der Waals surface area contributed by atoms with Gasteiger partial charge >= 0.3 is 0 Å². The smallest absolute Gasteiger partial charge is 0.205 e. The van der Waals surface area contributed by atoms with E-state index < -0.39 is 10.8 Å². The van der Waals surface area contributed by atoms with Crippen LogP contribution in [0.2, 0.25) is 0 Å². The number of aliphatic hydroxyl groups is 4. The number of hydrogen-bond donors (Lipinski definition) is 4. The molecule has 1 aliphatic rings. The van der Waals surface area contributed by atoms with Gasteiger partial charge < -0.3 is 20.4 Å². The van der Waals surface area contributed by atoms with Gasteiger partial charge in [-0.2, -0.15) is 0 Å². The van der Waals surface area contributed by atoms with Crippen molar-refractivity contribution >= 4 is 11.6 Å². The zero-order valence-corrected chi connectivity index (χ0v) is 18.7. The summed E-state index contributed by atoms with van der Waals surface area (Å²) in [4.78, 5) is 27.6. The Morgan fingerprint density at radius 3 is 1.03 bits per heavy atom. The molecule has 0 unspecified atom stereocenters. The number of rotatable bonds is 12. The van der Waals surface area contributed by atoms with Gasteiger partial charge in [0.15, 0.2) is 0 Å². The van der Waals surface area contributed by atoms with Gasteiger partial charge in [-0.05, 0) is 64.2 Å². The third-order valence-corrected chi connectivity index (χ3v) is 6.98. The Bertz CT molecular complexity index is 430. The lowest BCUT2D eigenvalue weighted by Crippen LogP contribution is -2.46. The maximum atomic E-state index is 13.8. The van der Waals surface area contributed by atoms with Crippen LogP contribution < -0.4 is 0 Å². The Kier molecular flexibility index (Phi) is 13.7. The zero-order valence-electron chi connectivity index (χ0n) is 18.7. The summed E-state index contributed by atoms with van der Waals surface area (Å²) in [5, 5.41) is 37.7. The van der Waals surface area contributed by atoms with E-state index in [1.807, 2.05) is 0 Å². The molecular formula is C24H44O6. The molecule has 1 aliphatic carbocycles. The van der Waals surface area contributed by atoms with Crippen LogP contribution in [-0.4, -0.2) is 58.4 Å². The predicted molar refractivity (Wildman–Crippen MR) is 117 cm³/mol. The lowest BCUT2D eigenvalue weighted by molar-refractivity contribution is -0.151. The van der Waals surface area contributed by atoms with Gasteiger partial charge in [0.1, 0.15) is 0 Å². The van der Waals surface area contributed by atoms with Crippen LogP contribution in [0.4, 0.5) is 0 Å². The average Bonchev–Trinajstić information content (AvgIpc) is 2.76. The van der Waals surface area contributed by atoms with E-state index in [0.717, 1.165) is 38.5 Å². The first kappa shape index (κ1) is 27.2. The zero-order chi connectivity index (χ0) is 22.3. The fourth-order valence-corrected chi connectivity index (χ4v) is 5.22. The van der Waals surface area contributed by atoms with E-state index in [1.165, 1.54) is 0 Å². The van der Waals surface area contributed by atoms with Crippen molar-refractivity contribution in [1.82, 2.24) is 0 Å². The highest BCUT2D eigenvalue weighted by molar-refractivity contribution is 6.41. The highest BCUT2D eigenvalue weighted by atomic mass is 16.3. The summed E-state index contributed by atoms with van der Waals surface area (Å²) in [6, 6.07) is 0. The minimum atomic E-state index is -0.828. The molecule has 30 heavy (non-hydrogen) atoms. The second-order valence-corrected chi connectivity index (χ2v) is 9.15. The first-order valence-electron chi connectivity index (χ1n) is 12.0. The monoisotopic (exact) mass is 428 g/mol. The molecule has 0 saturated heterocycles. The summed E-state index contributed by atoms with van der Waals surface area (Å²) in [6.07, 6.45) is 11.0. The Hall–Kier alpha value is -0.820. The van der Waals surface area contributed by atoms with E-state index in [9.17, 15) is 30.0 Å². The molecule has 6 heteroatoms. The van der Waals surface area contributed by atoms with Gasteiger partial charge in [0.25, 0.3) is 0 Å². The van der Waals surface area contributed by atoms with Gasteiger partial charge in [0.2, 0.25) is 11.6 Å². The Morgan fingerprint density at radius 1 is 0.500 bits per heavy atom. The van der Waals surface area contributed by atoms with Crippen LogP contribution in [0.25, 0.3) is 0 Å². The molecular weight excluding hydrogens is 384 g/mol. The molecule has 1 rings (SSSR count). The SMILES string of the molecule is O=C1C(=O)C(CCCO)(CCCO)CCCCCCCCC1(CCCO)CCCO. The molecule has 0 aliphatic heterocycles. The van der Waals surface area contributed by atoms with Crippen molar-refractivity contribution in [1.29, 1.82) is 0 Å². The molecule has 0 aromatic rings. The lowest BCUT2D eigenvalue weighted by Gasteiger charge is -2.38. The van der Waals surface area contributed by atoms with Gasteiger partial charge in [-0.1, -0.05) is 38.5 Å². The van der Waals surface area contributed by atoms with Gasteiger partial charge in [-0.25, -0.2) is 0 Å². The average molecular weight is 429 g/mol. The highest BCUT2D eigenvalue weighted by Gasteiger charge is 2.48. The maximum Gasteiger partial charge on any atom is 0.205 e. The molecule has 0 bridgehead atoms. The number of hydrogen-bond acceptors (Lipinski definition) is 6. The van der Waals surface area contributed by atoms with E-state index in [1.54, 1.807) is 0 Å². The molecule has 4 N–H and O–H groups in total. The van der Waals surface area contributed by atoms with Crippen LogP contribution in [0, 0.1) is 10.8 Å². The summed E-state index contributed by atoms with van der Waals surface area (Å²) in [7, 11) is 0. The summed E-state index contributed by atoms with van der Waals surface area (Å²) in [6.45, 7) is -0.101. The second-order valence-electron chi connectivity index (χ2n) is 9.15. The Labute approximate surface area is 182 Å². The summed E-state index contributed by atoms with van der Waals surface area (Å²) in [5.41, 5.74) is -1.66. The molecule has 1 fully saturated rings. The molecule has 0 aromatic heterocycles.